The number of hydrogen-bond acceptors (Lipinski definition) is 2. The molecule has 1 N–H and O–H groups in total. The summed E-state index contributed by atoms with van der Waals surface area (Å²) >= 11 is 0. The number of amidine groups is 1. The van der Waals surface area contributed by atoms with Gasteiger partial charge in [-0.3, -0.25) is 4.99 Å². The Hall–Kier alpha value is -1.31. The molecule has 2 aliphatic rings. The first kappa shape index (κ1) is 10.8. The van der Waals surface area contributed by atoms with Crippen LogP contribution in [0.25, 0.3) is 0 Å². The van der Waals surface area contributed by atoms with Gasteiger partial charge in [-0.25, -0.2) is 0 Å². The molecule has 1 heterocycles. The van der Waals surface area contributed by atoms with E-state index in [9.17, 15) is 0 Å². The van der Waals surface area contributed by atoms with Crippen LogP contribution in [-0.2, 0) is 6.42 Å². The minimum absolute atomic E-state index is 0.497. The lowest BCUT2D eigenvalue weighted by molar-refractivity contribution is 0.517. The van der Waals surface area contributed by atoms with E-state index in [1.807, 2.05) is 0 Å². The highest BCUT2D eigenvalue weighted by molar-refractivity contribution is 5.83. The van der Waals surface area contributed by atoms with E-state index >= 15 is 0 Å². The molecule has 1 aromatic carbocycles. The van der Waals surface area contributed by atoms with Crippen LogP contribution in [0, 0.1) is 0 Å². The van der Waals surface area contributed by atoms with Gasteiger partial charge < -0.3 is 5.32 Å². The number of hydrogen-bond donors (Lipinski definition) is 1. The average Bonchev–Trinajstić information content (AvgIpc) is 2.40. The van der Waals surface area contributed by atoms with Crippen molar-refractivity contribution in [2.75, 3.05) is 6.54 Å². The van der Waals surface area contributed by atoms with Crippen molar-refractivity contribution >= 4 is 5.84 Å². The van der Waals surface area contributed by atoms with E-state index in [-0.39, 0.29) is 0 Å². The summed E-state index contributed by atoms with van der Waals surface area (Å²) in [6.45, 7) is 1.01. The third-order valence-electron chi connectivity index (χ3n) is 3.83. The Balaban J connectivity index is 1.78. The molecule has 0 saturated carbocycles. The number of nitrogens with one attached hydrogen (secondary N) is 1. The van der Waals surface area contributed by atoms with Crippen molar-refractivity contribution in [3.05, 3.63) is 35.4 Å². The van der Waals surface area contributed by atoms with Crippen LogP contribution in [0.2, 0.25) is 0 Å². The number of benzene rings is 1. The predicted octanol–water partition coefficient (Wildman–Crippen LogP) is 3.24. The second kappa shape index (κ2) is 4.91. The molecule has 0 aromatic heterocycles. The summed E-state index contributed by atoms with van der Waals surface area (Å²) in [5.41, 5.74) is 3.01. The van der Waals surface area contributed by atoms with E-state index in [2.05, 4.69) is 34.6 Å². The highest BCUT2D eigenvalue weighted by atomic mass is 15.0. The largest absolute Gasteiger partial charge is 0.367 e. The molecular weight excluding hydrogens is 208 g/mol. The van der Waals surface area contributed by atoms with Gasteiger partial charge in [-0.15, -0.1) is 0 Å². The Morgan fingerprint density at radius 2 is 2.00 bits per heavy atom. The first-order valence-corrected chi connectivity index (χ1v) is 6.81. The van der Waals surface area contributed by atoms with Crippen LogP contribution in [0.3, 0.4) is 0 Å². The maximum Gasteiger partial charge on any atom is 0.0967 e. The average molecular weight is 228 g/mol. The topological polar surface area (TPSA) is 24.4 Å². The Morgan fingerprint density at radius 3 is 2.88 bits per heavy atom. The number of aliphatic imine (C=N–C) groups is 1. The van der Waals surface area contributed by atoms with Crippen molar-refractivity contribution < 1.29 is 0 Å². The van der Waals surface area contributed by atoms with Crippen molar-refractivity contribution in [2.24, 2.45) is 4.99 Å². The number of aryl methyl sites for hydroxylation is 1. The second-order valence-corrected chi connectivity index (χ2v) is 5.07. The summed E-state index contributed by atoms with van der Waals surface area (Å²) in [7, 11) is 0. The van der Waals surface area contributed by atoms with Crippen molar-refractivity contribution in [3.63, 3.8) is 0 Å². The lowest BCUT2D eigenvalue weighted by Crippen LogP contribution is -2.32. The first-order chi connectivity index (χ1) is 8.43. The molecule has 0 radical (unpaired) electrons. The van der Waals surface area contributed by atoms with Gasteiger partial charge in [0.2, 0.25) is 0 Å². The molecule has 0 bridgehead atoms. The maximum atomic E-state index is 4.60. The minimum Gasteiger partial charge on any atom is -0.367 e. The van der Waals surface area contributed by atoms with Crippen molar-refractivity contribution in [3.8, 4) is 0 Å². The standard InChI is InChI=1S/C15H20N2/c1-2-8-13-12(6-1)7-5-9-14(13)17-15-10-3-4-11-16-15/h1-2,6,8,14H,3-5,7,9-11H2,(H,16,17). The van der Waals surface area contributed by atoms with E-state index in [1.54, 1.807) is 0 Å². The molecule has 1 aromatic rings. The van der Waals surface area contributed by atoms with Crippen molar-refractivity contribution in [2.45, 2.75) is 44.6 Å². The molecule has 0 amide bonds. The highest BCUT2D eigenvalue weighted by Crippen LogP contribution is 2.29. The van der Waals surface area contributed by atoms with Gasteiger partial charge in [-0.1, -0.05) is 24.3 Å². The van der Waals surface area contributed by atoms with Crippen LogP contribution >= 0.6 is 0 Å². The van der Waals surface area contributed by atoms with Crippen LogP contribution in [0.4, 0.5) is 0 Å². The van der Waals surface area contributed by atoms with Crippen molar-refractivity contribution in [1.82, 2.24) is 5.32 Å². The summed E-state index contributed by atoms with van der Waals surface area (Å²) in [5.74, 6) is 1.23. The van der Waals surface area contributed by atoms with Crippen molar-refractivity contribution in [1.29, 1.82) is 0 Å². The Kier molecular flexibility index (Phi) is 3.12. The SMILES string of the molecule is c1ccc2c(c1)CCCC2NC1=NCCCC1. The Labute approximate surface area is 103 Å². The van der Waals surface area contributed by atoms with E-state index in [4.69, 9.17) is 0 Å². The number of fused-ring (bicyclic) bond motifs is 1. The molecule has 17 heavy (non-hydrogen) atoms. The minimum atomic E-state index is 0.497. The smallest absolute Gasteiger partial charge is 0.0967 e. The molecule has 0 spiro atoms. The lowest BCUT2D eigenvalue weighted by Gasteiger charge is -2.28. The predicted molar refractivity (Wildman–Crippen MR) is 71.4 cm³/mol. The van der Waals surface area contributed by atoms with Gasteiger partial charge in [0.05, 0.1) is 11.9 Å². The molecule has 0 fully saturated rings. The van der Waals surface area contributed by atoms with Gasteiger partial charge in [-0.2, -0.15) is 0 Å². The van der Waals surface area contributed by atoms with E-state index in [0.29, 0.717) is 6.04 Å². The van der Waals surface area contributed by atoms with Gasteiger partial charge in [0.15, 0.2) is 0 Å². The molecule has 0 saturated heterocycles. The normalized spacial score (nSPS) is 23.8. The fourth-order valence-electron chi connectivity index (χ4n) is 2.92. The third kappa shape index (κ3) is 2.36. The van der Waals surface area contributed by atoms with Crippen LogP contribution in [-0.4, -0.2) is 12.4 Å². The van der Waals surface area contributed by atoms with E-state index < -0.39 is 0 Å². The summed E-state index contributed by atoms with van der Waals surface area (Å²) in [4.78, 5) is 4.60. The zero-order valence-electron chi connectivity index (χ0n) is 10.3. The van der Waals surface area contributed by atoms with Gasteiger partial charge >= 0.3 is 0 Å². The number of rotatable bonds is 1. The summed E-state index contributed by atoms with van der Waals surface area (Å²) in [6, 6.07) is 9.35. The second-order valence-electron chi connectivity index (χ2n) is 5.07. The zero-order valence-corrected chi connectivity index (χ0v) is 10.3. The number of nitrogens with zero attached hydrogens (tertiary/aromatic N) is 1. The van der Waals surface area contributed by atoms with Gasteiger partial charge in [0, 0.05) is 13.0 Å². The fourth-order valence-corrected chi connectivity index (χ4v) is 2.92. The van der Waals surface area contributed by atoms with Gasteiger partial charge in [-0.05, 0) is 43.2 Å². The molecular formula is C15H20N2. The zero-order chi connectivity index (χ0) is 11.5. The molecule has 2 heteroatoms. The van der Waals surface area contributed by atoms with E-state index in [0.717, 1.165) is 13.0 Å². The highest BCUT2D eigenvalue weighted by Gasteiger charge is 2.20. The van der Waals surface area contributed by atoms with E-state index in [1.165, 1.54) is 49.1 Å². The quantitative estimate of drug-likeness (QED) is 0.784. The maximum absolute atomic E-state index is 4.60. The fraction of sp³-hybridized carbons (Fsp3) is 0.533. The third-order valence-corrected chi connectivity index (χ3v) is 3.83. The molecule has 90 valence electrons. The molecule has 1 aliphatic heterocycles. The molecule has 2 nitrogen and oxygen atoms in total. The molecule has 3 rings (SSSR count). The van der Waals surface area contributed by atoms with Crippen LogP contribution in [0.5, 0.6) is 0 Å². The van der Waals surface area contributed by atoms with Crippen LogP contribution in [0.1, 0.15) is 49.3 Å². The van der Waals surface area contributed by atoms with Gasteiger partial charge in [0.25, 0.3) is 0 Å². The van der Waals surface area contributed by atoms with Crippen LogP contribution in [0.15, 0.2) is 29.3 Å². The summed E-state index contributed by atoms with van der Waals surface area (Å²) in [5, 5.41) is 3.66. The van der Waals surface area contributed by atoms with Gasteiger partial charge in [0.1, 0.15) is 0 Å². The first-order valence-electron chi connectivity index (χ1n) is 6.81. The monoisotopic (exact) mass is 228 g/mol. The Morgan fingerprint density at radius 1 is 1.06 bits per heavy atom. The Bertz CT molecular complexity index is 423. The summed E-state index contributed by atoms with van der Waals surface area (Å²) < 4.78 is 0. The molecule has 1 unspecified atom stereocenters. The lowest BCUT2D eigenvalue weighted by atomic mass is 9.87. The molecule has 1 atom stereocenters. The summed E-state index contributed by atoms with van der Waals surface area (Å²) in [6.07, 6.45) is 7.46. The molecule has 1 aliphatic carbocycles. The van der Waals surface area contributed by atoms with Crippen LogP contribution < -0.4 is 5.32 Å².